The van der Waals surface area contributed by atoms with E-state index in [9.17, 15) is 0 Å². The molecule has 0 aromatic rings. The summed E-state index contributed by atoms with van der Waals surface area (Å²) < 4.78 is 0. The maximum atomic E-state index is 9.00. The van der Waals surface area contributed by atoms with Gasteiger partial charge in [-0.05, 0) is 18.2 Å². The molecule has 0 saturated heterocycles. The Labute approximate surface area is 51.0 Å². The Balaban J connectivity index is 2.85. The van der Waals surface area contributed by atoms with Crippen LogP contribution in [0.5, 0.6) is 0 Å². The second kappa shape index (κ2) is 1.78. The summed E-state index contributed by atoms with van der Waals surface area (Å²) in [5.41, 5.74) is 2.13. The fourth-order valence-electron chi connectivity index (χ4n) is 0.745. The molecule has 0 fully saturated rings. The van der Waals surface area contributed by atoms with Crippen molar-refractivity contribution in [3.8, 4) is 0 Å². The van der Waals surface area contributed by atoms with Crippen molar-refractivity contribution in [3.63, 3.8) is 0 Å². The van der Waals surface area contributed by atoms with Crippen LogP contribution in [0.3, 0.4) is 0 Å². The van der Waals surface area contributed by atoms with E-state index in [0.717, 1.165) is 0 Å². The summed E-state index contributed by atoms with van der Waals surface area (Å²) in [6, 6.07) is 0. The van der Waals surface area contributed by atoms with Crippen LogP contribution in [0, 0.1) is 0 Å². The molecule has 44 valence electrons. The molecule has 1 aliphatic heterocycles. The lowest BCUT2D eigenvalue weighted by Crippen LogP contribution is -2.01. The molecule has 8 heavy (non-hydrogen) atoms. The summed E-state index contributed by atoms with van der Waals surface area (Å²) in [7, 11) is -0.752. The van der Waals surface area contributed by atoms with Crippen LogP contribution in [0.25, 0.3) is 0 Å². The van der Waals surface area contributed by atoms with Gasteiger partial charge in [0.25, 0.3) is 0 Å². The Kier molecular flexibility index (Phi) is 1.25. The van der Waals surface area contributed by atoms with Gasteiger partial charge in [-0.25, -0.2) is 0 Å². The SMILES string of the molecule is CC1=C(O)C=C[SiH]1C. The topological polar surface area (TPSA) is 20.2 Å². The number of rotatable bonds is 0. The standard InChI is InChI=1S/C6H10OSi/c1-5-6(7)3-4-8(5)2/h3-4,7-8H,1-2H3. The third kappa shape index (κ3) is 0.712. The monoisotopic (exact) mass is 126 g/mol. The Bertz CT molecular complexity index is 158. The van der Waals surface area contributed by atoms with Gasteiger partial charge in [-0.1, -0.05) is 12.2 Å². The Hall–Kier alpha value is -0.503. The molecule has 0 spiro atoms. The highest BCUT2D eigenvalue weighted by atomic mass is 28.3. The maximum absolute atomic E-state index is 9.00. The van der Waals surface area contributed by atoms with E-state index in [0.29, 0.717) is 5.76 Å². The van der Waals surface area contributed by atoms with Gasteiger partial charge in [-0.2, -0.15) is 0 Å². The molecule has 0 radical (unpaired) electrons. The fraction of sp³-hybridized carbons (Fsp3) is 0.333. The zero-order valence-corrected chi connectivity index (χ0v) is 6.33. The number of aliphatic hydroxyl groups excluding tert-OH is 1. The van der Waals surface area contributed by atoms with Gasteiger partial charge in [0, 0.05) is 0 Å². The average molecular weight is 126 g/mol. The summed E-state index contributed by atoms with van der Waals surface area (Å²) in [5, 5.41) is 10.2. The van der Waals surface area contributed by atoms with Crippen molar-refractivity contribution in [2.24, 2.45) is 0 Å². The quantitative estimate of drug-likeness (QED) is 0.485. The molecular formula is C6H10OSi. The van der Waals surface area contributed by atoms with Crippen LogP contribution in [-0.2, 0) is 0 Å². The van der Waals surface area contributed by atoms with Crippen molar-refractivity contribution in [3.05, 3.63) is 22.7 Å². The minimum Gasteiger partial charge on any atom is -0.508 e. The highest BCUT2D eigenvalue weighted by Gasteiger charge is 2.11. The average Bonchev–Trinajstić information content (AvgIpc) is 1.98. The Morgan fingerprint density at radius 1 is 1.62 bits per heavy atom. The van der Waals surface area contributed by atoms with E-state index in [4.69, 9.17) is 5.11 Å². The Morgan fingerprint density at radius 2 is 2.25 bits per heavy atom. The lowest BCUT2D eigenvalue weighted by atomic mass is 10.5. The van der Waals surface area contributed by atoms with Gasteiger partial charge in [-0.3, -0.25) is 0 Å². The van der Waals surface area contributed by atoms with Crippen molar-refractivity contribution in [1.29, 1.82) is 0 Å². The third-order valence-electron chi connectivity index (χ3n) is 1.63. The fourth-order valence-corrected chi connectivity index (χ4v) is 2.07. The van der Waals surface area contributed by atoms with Crippen molar-refractivity contribution >= 4 is 8.80 Å². The predicted molar refractivity (Wildman–Crippen MR) is 37.5 cm³/mol. The molecule has 0 aliphatic carbocycles. The zero-order valence-electron chi connectivity index (χ0n) is 5.18. The molecule has 2 heteroatoms. The van der Waals surface area contributed by atoms with E-state index in [2.05, 4.69) is 12.2 Å². The van der Waals surface area contributed by atoms with Crippen molar-refractivity contribution in [2.45, 2.75) is 13.5 Å². The van der Waals surface area contributed by atoms with Crippen LogP contribution in [0.1, 0.15) is 6.92 Å². The normalized spacial score (nSPS) is 27.5. The van der Waals surface area contributed by atoms with E-state index in [1.165, 1.54) is 5.20 Å². The second-order valence-corrected chi connectivity index (χ2v) is 5.04. The van der Waals surface area contributed by atoms with E-state index >= 15 is 0 Å². The molecule has 1 nitrogen and oxygen atoms in total. The van der Waals surface area contributed by atoms with Gasteiger partial charge in [0.1, 0.15) is 5.76 Å². The van der Waals surface area contributed by atoms with Crippen molar-refractivity contribution < 1.29 is 5.11 Å². The molecule has 1 rings (SSSR count). The van der Waals surface area contributed by atoms with Gasteiger partial charge in [0.05, 0.1) is 8.80 Å². The van der Waals surface area contributed by atoms with Crippen molar-refractivity contribution in [1.82, 2.24) is 0 Å². The first kappa shape index (κ1) is 5.63. The van der Waals surface area contributed by atoms with E-state index < -0.39 is 8.80 Å². The molecule has 0 amide bonds. The molecule has 1 N–H and O–H groups in total. The number of hydrogen-bond acceptors (Lipinski definition) is 1. The first-order valence-corrected chi connectivity index (χ1v) is 5.19. The van der Waals surface area contributed by atoms with Gasteiger partial charge < -0.3 is 5.11 Å². The van der Waals surface area contributed by atoms with Gasteiger partial charge in [-0.15, -0.1) is 0 Å². The van der Waals surface area contributed by atoms with Crippen LogP contribution >= 0.6 is 0 Å². The summed E-state index contributed by atoms with van der Waals surface area (Å²) >= 11 is 0. The van der Waals surface area contributed by atoms with Crippen molar-refractivity contribution in [2.75, 3.05) is 0 Å². The lowest BCUT2D eigenvalue weighted by molar-refractivity contribution is 0.430. The van der Waals surface area contributed by atoms with E-state index in [1.54, 1.807) is 0 Å². The van der Waals surface area contributed by atoms with Crippen LogP contribution in [0.15, 0.2) is 22.7 Å². The van der Waals surface area contributed by atoms with Crippen LogP contribution in [0.2, 0.25) is 6.55 Å². The molecule has 0 aromatic heterocycles. The molecule has 1 atom stereocenters. The summed E-state index contributed by atoms with van der Waals surface area (Å²) in [4.78, 5) is 0. The highest BCUT2D eigenvalue weighted by molar-refractivity contribution is 6.71. The smallest absolute Gasteiger partial charge is 0.110 e. The number of hydrogen-bond donors (Lipinski definition) is 1. The molecule has 1 aliphatic rings. The Morgan fingerprint density at radius 3 is 2.38 bits per heavy atom. The first-order valence-electron chi connectivity index (χ1n) is 2.79. The predicted octanol–water partition coefficient (Wildman–Crippen LogP) is 1.32. The highest BCUT2D eigenvalue weighted by Crippen LogP contribution is 2.14. The van der Waals surface area contributed by atoms with Crippen LogP contribution in [-0.4, -0.2) is 13.9 Å². The third-order valence-corrected chi connectivity index (χ3v) is 4.06. The first-order chi connectivity index (χ1) is 3.72. The molecular weight excluding hydrogens is 116 g/mol. The summed E-state index contributed by atoms with van der Waals surface area (Å²) in [6.45, 7) is 4.21. The van der Waals surface area contributed by atoms with Crippen LogP contribution in [0.4, 0.5) is 0 Å². The maximum Gasteiger partial charge on any atom is 0.110 e. The minimum atomic E-state index is -0.752. The molecule has 0 saturated carbocycles. The molecule has 0 aromatic carbocycles. The summed E-state index contributed by atoms with van der Waals surface area (Å²) in [6.07, 6.45) is 1.81. The van der Waals surface area contributed by atoms with E-state index in [1.807, 2.05) is 13.0 Å². The van der Waals surface area contributed by atoms with E-state index in [-0.39, 0.29) is 0 Å². The molecule has 0 bridgehead atoms. The van der Waals surface area contributed by atoms with Gasteiger partial charge in [0.15, 0.2) is 0 Å². The zero-order chi connectivity index (χ0) is 6.15. The van der Waals surface area contributed by atoms with Gasteiger partial charge >= 0.3 is 0 Å². The summed E-state index contributed by atoms with van der Waals surface area (Å²) in [5.74, 6) is 0.504. The molecule has 1 heterocycles. The largest absolute Gasteiger partial charge is 0.508 e. The lowest BCUT2D eigenvalue weighted by Gasteiger charge is -1.96. The number of allylic oxidation sites excluding steroid dienone is 2. The molecule has 1 unspecified atom stereocenters. The second-order valence-electron chi connectivity index (χ2n) is 2.22. The number of aliphatic hydroxyl groups is 1. The minimum absolute atomic E-state index is 0.504. The van der Waals surface area contributed by atoms with Gasteiger partial charge in [0.2, 0.25) is 0 Å². The van der Waals surface area contributed by atoms with Crippen LogP contribution < -0.4 is 0 Å².